The van der Waals surface area contributed by atoms with Crippen molar-refractivity contribution in [1.82, 2.24) is 4.53 Å². The Bertz CT molecular complexity index is 129. The molecule has 2 aliphatic rings. The first kappa shape index (κ1) is 5.96. The summed E-state index contributed by atoms with van der Waals surface area (Å²) in [6.07, 6.45) is 2.58. The van der Waals surface area contributed by atoms with Crippen LogP contribution in [0.3, 0.4) is 0 Å². The van der Waals surface area contributed by atoms with E-state index in [2.05, 4.69) is 7.05 Å². The number of nitrogens with zero attached hydrogens (tertiary/aromatic N) is 2. The number of halogens is 1. The van der Waals surface area contributed by atoms with Crippen LogP contribution < -0.4 is 0 Å². The number of rotatable bonds is 0. The van der Waals surface area contributed by atoms with Crippen LogP contribution in [0.4, 0.5) is 0 Å². The lowest BCUT2D eigenvalue weighted by Gasteiger charge is -2.27. The highest BCUT2D eigenvalue weighted by atomic mass is 35.5. The molecule has 2 heterocycles. The van der Waals surface area contributed by atoms with Crippen molar-refractivity contribution >= 4 is 11.8 Å². The second-order valence-electron chi connectivity index (χ2n) is 3.31. The fourth-order valence-electron chi connectivity index (χ4n) is 1.91. The van der Waals surface area contributed by atoms with Gasteiger partial charge in [0.2, 0.25) is 0 Å². The summed E-state index contributed by atoms with van der Waals surface area (Å²) in [7, 11) is 2.21. The van der Waals surface area contributed by atoms with Crippen molar-refractivity contribution in [3.05, 3.63) is 0 Å². The van der Waals surface area contributed by atoms with Crippen LogP contribution in [-0.4, -0.2) is 35.3 Å². The first-order valence-corrected chi connectivity index (χ1v) is 3.86. The fraction of sp³-hybridized carbons (Fsp3) is 1.00. The van der Waals surface area contributed by atoms with E-state index in [1.165, 1.54) is 25.9 Å². The molecular formula is C6H12ClN2+. The molecular weight excluding hydrogens is 136 g/mol. The zero-order valence-electron chi connectivity index (χ0n) is 5.68. The maximum Gasteiger partial charge on any atom is 0.0991 e. The van der Waals surface area contributed by atoms with Crippen LogP contribution in [0.2, 0.25) is 0 Å². The van der Waals surface area contributed by atoms with Crippen molar-refractivity contribution in [3.8, 4) is 0 Å². The molecule has 0 aliphatic carbocycles. The molecule has 0 saturated carbocycles. The van der Waals surface area contributed by atoms with Crippen LogP contribution in [0.1, 0.15) is 12.8 Å². The molecule has 0 unspecified atom stereocenters. The molecule has 2 fully saturated rings. The highest BCUT2D eigenvalue weighted by Crippen LogP contribution is 2.36. The molecule has 9 heavy (non-hydrogen) atoms. The first-order valence-electron chi connectivity index (χ1n) is 3.52. The SMILES string of the molecule is C[N+]12CCC(CC1)N2Cl. The van der Waals surface area contributed by atoms with Gasteiger partial charge in [0.1, 0.15) is 0 Å². The van der Waals surface area contributed by atoms with E-state index in [4.69, 9.17) is 11.8 Å². The minimum absolute atomic E-state index is 0.677. The summed E-state index contributed by atoms with van der Waals surface area (Å²) in [4.78, 5) is 0. The van der Waals surface area contributed by atoms with Gasteiger partial charge in [-0.3, -0.25) is 0 Å². The van der Waals surface area contributed by atoms with Crippen molar-refractivity contribution in [1.29, 1.82) is 0 Å². The second-order valence-corrected chi connectivity index (χ2v) is 3.65. The molecule has 0 radical (unpaired) electrons. The van der Waals surface area contributed by atoms with Gasteiger partial charge in [-0.2, -0.15) is 0 Å². The maximum absolute atomic E-state index is 6.02. The van der Waals surface area contributed by atoms with Crippen LogP contribution in [-0.2, 0) is 0 Å². The minimum Gasteiger partial charge on any atom is -0.231 e. The first-order chi connectivity index (χ1) is 4.22. The third-order valence-electron chi connectivity index (χ3n) is 2.65. The van der Waals surface area contributed by atoms with Gasteiger partial charge in [-0.25, -0.2) is 4.59 Å². The van der Waals surface area contributed by atoms with Gasteiger partial charge in [-0.15, -0.1) is 0 Å². The Hall–Kier alpha value is 0.210. The highest BCUT2D eigenvalue weighted by molar-refractivity contribution is 6.12. The topological polar surface area (TPSA) is 3.24 Å². The lowest BCUT2D eigenvalue weighted by atomic mass is 10.1. The molecule has 0 spiro atoms. The normalized spacial score (nSPS) is 50.7. The Labute approximate surface area is 60.7 Å². The van der Waals surface area contributed by atoms with Gasteiger partial charge in [-0.05, 0) is 0 Å². The van der Waals surface area contributed by atoms with Crippen molar-refractivity contribution in [2.75, 3.05) is 20.1 Å². The molecule has 0 N–H and O–H groups in total. The fourth-order valence-corrected chi connectivity index (χ4v) is 2.26. The molecule has 0 atom stereocenters. The Balaban J connectivity index is 2.26. The minimum atomic E-state index is 0.677. The Morgan fingerprint density at radius 2 is 2.00 bits per heavy atom. The quantitative estimate of drug-likeness (QED) is 0.365. The van der Waals surface area contributed by atoms with Crippen LogP contribution >= 0.6 is 11.8 Å². The van der Waals surface area contributed by atoms with E-state index in [1.807, 2.05) is 4.53 Å². The standard InChI is InChI=1S/C6H12ClN2/c1-9-4-2-6(3-5-9)8(9)7/h6H,2-5H2,1H3/q+1. The number of fused-ring (bicyclic) bond motifs is 2. The zero-order valence-corrected chi connectivity index (χ0v) is 6.43. The summed E-state index contributed by atoms with van der Waals surface area (Å²) in [5.41, 5.74) is 0. The van der Waals surface area contributed by atoms with Gasteiger partial charge in [0.15, 0.2) is 0 Å². The van der Waals surface area contributed by atoms with Crippen LogP contribution in [0.15, 0.2) is 0 Å². The number of quaternary nitrogens is 1. The third kappa shape index (κ3) is 0.642. The zero-order chi connectivity index (χ0) is 6.48. The van der Waals surface area contributed by atoms with E-state index >= 15 is 0 Å². The van der Waals surface area contributed by atoms with Crippen molar-refractivity contribution < 1.29 is 4.59 Å². The summed E-state index contributed by atoms with van der Waals surface area (Å²) < 4.78 is 2.96. The van der Waals surface area contributed by atoms with Gasteiger partial charge in [0, 0.05) is 24.6 Å². The van der Waals surface area contributed by atoms with Crippen molar-refractivity contribution in [2.24, 2.45) is 0 Å². The molecule has 3 heteroatoms. The molecule has 2 saturated heterocycles. The molecule has 0 amide bonds. The molecule has 0 aromatic rings. The monoisotopic (exact) mass is 147 g/mol. The van der Waals surface area contributed by atoms with Gasteiger partial charge in [0.05, 0.1) is 26.2 Å². The number of piperidine rings is 1. The Morgan fingerprint density at radius 3 is 2.11 bits per heavy atom. The molecule has 2 rings (SSSR count). The third-order valence-corrected chi connectivity index (χ3v) is 3.29. The largest absolute Gasteiger partial charge is 0.231 e. The van der Waals surface area contributed by atoms with Gasteiger partial charge >= 0.3 is 0 Å². The van der Waals surface area contributed by atoms with Gasteiger partial charge < -0.3 is 0 Å². The van der Waals surface area contributed by atoms with E-state index in [0.29, 0.717) is 6.04 Å². The number of hydrogen-bond acceptors (Lipinski definition) is 1. The summed E-state index contributed by atoms with van der Waals surface area (Å²) in [6.45, 7) is 2.49. The smallest absolute Gasteiger partial charge is 0.0991 e. The summed E-state index contributed by atoms with van der Waals surface area (Å²) in [6, 6.07) is 0.677. The van der Waals surface area contributed by atoms with Crippen molar-refractivity contribution in [2.45, 2.75) is 18.9 Å². The lowest BCUT2D eigenvalue weighted by molar-refractivity contribution is -0.978. The van der Waals surface area contributed by atoms with Crippen LogP contribution in [0.25, 0.3) is 0 Å². The second kappa shape index (κ2) is 1.62. The van der Waals surface area contributed by atoms with E-state index in [-0.39, 0.29) is 0 Å². The van der Waals surface area contributed by atoms with E-state index in [1.54, 1.807) is 0 Å². The average molecular weight is 148 g/mol. The van der Waals surface area contributed by atoms with Crippen LogP contribution in [0, 0.1) is 0 Å². The molecule has 0 aromatic heterocycles. The molecule has 52 valence electrons. The summed E-state index contributed by atoms with van der Waals surface area (Å²) in [5, 5.41) is 0. The molecule has 2 bridgehead atoms. The summed E-state index contributed by atoms with van der Waals surface area (Å²) >= 11 is 6.02. The van der Waals surface area contributed by atoms with Gasteiger partial charge in [-0.1, -0.05) is 4.53 Å². The van der Waals surface area contributed by atoms with Gasteiger partial charge in [0.25, 0.3) is 0 Å². The van der Waals surface area contributed by atoms with E-state index in [9.17, 15) is 0 Å². The molecule has 2 aliphatic heterocycles. The van der Waals surface area contributed by atoms with Crippen molar-refractivity contribution in [3.63, 3.8) is 0 Å². The average Bonchev–Trinajstić information content (AvgIpc) is 2.24. The predicted molar refractivity (Wildman–Crippen MR) is 36.6 cm³/mol. The highest BCUT2D eigenvalue weighted by Gasteiger charge is 2.49. The summed E-state index contributed by atoms with van der Waals surface area (Å²) in [5.74, 6) is 0. The predicted octanol–water partition coefficient (Wildman–Crippen LogP) is 0.980. The maximum atomic E-state index is 6.02. The van der Waals surface area contributed by atoms with E-state index in [0.717, 1.165) is 4.59 Å². The van der Waals surface area contributed by atoms with E-state index < -0.39 is 0 Å². The Kier molecular flexibility index (Phi) is 1.07. The molecule has 2 nitrogen and oxygen atoms in total. The van der Waals surface area contributed by atoms with Crippen LogP contribution in [0.5, 0.6) is 0 Å². The number of hydrogen-bond donors (Lipinski definition) is 0. The Morgan fingerprint density at radius 1 is 1.44 bits per heavy atom. The lowest BCUT2D eigenvalue weighted by Crippen LogP contribution is -2.44. The molecule has 0 aromatic carbocycles.